The lowest BCUT2D eigenvalue weighted by Gasteiger charge is -2.09. The third kappa shape index (κ3) is 3.69. The van der Waals surface area contributed by atoms with Crippen LogP contribution < -0.4 is 9.46 Å². The number of fused-ring (bicyclic) bond motifs is 1. The average Bonchev–Trinajstić information content (AvgIpc) is 3.06. The first-order valence-corrected chi connectivity index (χ1v) is 9.09. The minimum atomic E-state index is -4.33. The first kappa shape index (κ1) is 18.6. The number of ether oxygens (including phenoxy) is 1. The van der Waals surface area contributed by atoms with Crippen molar-refractivity contribution in [3.05, 3.63) is 48.0 Å². The fourth-order valence-electron chi connectivity index (χ4n) is 2.24. The molecule has 0 aliphatic heterocycles. The molecule has 3 aromatic rings. The van der Waals surface area contributed by atoms with Crippen molar-refractivity contribution in [3.8, 4) is 5.88 Å². The predicted octanol–water partition coefficient (Wildman–Crippen LogP) is 1.58. The summed E-state index contributed by atoms with van der Waals surface area (Å²) in [5, 5.41) is 3.72. The van der Waals surface area contributed by atoms with E-state index in [0.717, 1.165) is 22.8 Å². The lowest BCUT2D eigenvalue weighted by Crippen LogP contribution is -2.31. The summed E-state index contributed by atoms with van der Waals surface area (Å²) in [6.07, 6.45) is -0.369. The minimum absolute atomic E-state index is 0.0215. The molecule has 3 aromatic heterocycles. The van der Waals surface area contributed by atoms with E-state index >= 15 is 0 Å². The van der Waals surface area contributed by atoms with Crippen LogP contribution in [-0.2, 0) is 10.0 Å². The molecule has 142 valence electrons. The lowest BCUT2D eigenvalue weighted by molar-refractivity contribution is 0.0975. The topological polar surface area (TPSA) is 116 Å². The SMILES string of the molecule is CCOc1ncccc1S(=O)(=O)NC(=O)c1cc2nccc(C(F)F)n2n1. The van der Waals surface area contributed by atoms with Crippen LogP contribution in [0.15, 0.2) is 41.6 Å². The molecular weight excluding hydrogens is 384 g/mol. The number of carbonyl (C=O) groups excluding carboxylic acids is 1. The maximum Gasteiger partial charge on any atom is 0.285 e. The van der Waals surface area contributed by atoms with Gasteiger partial charge >= 0.3 is 0 Å². The van der Waals surface area contributed by atoms with Gasteiger partial charge in [0.15, 0.2) is 11.3 Å². The average molecular weight is 397 g/mol. The van der Waals surface area contributed by atoms with E-state index in [0.29, 0.717) is 0 Å². The Labute approximate surface area is 152 Å². The summed E-state index contributed by atoms with van der Waals surface area (Å²) < 4.78 is 58.7. The van der Waals surface area contributed by atoms with Crippen molar-refractivity contribution in [3.63, 3.8) is 0 Å². The number of nitrogens with one attached hydrogen (secondary N) is 1. The molecule has 0 aliphatic rings. The van der Waals surface area contributed by atoms with Crippen LogP contribution in [-0.4, -0.2) is 40.5 Å². The quantitative estimate of drug-likeness (QED) is 0.671. The summed E-state index contributed by atoms with van der Waals surface area (Å²) in [4.78, 5) is 19.6. The van der Waals surface area contributed by atoms with Gasteiger partial charge in [0.05, 0.1) is 6.61 Å². The zero-order valence-corrected chi connectivity index (χ0v) is 14.7. The van der Waals surface area contributed by atoms with Crippen molar-refractivity contribution in [2.75, 3.05) is 6.61 Å². The number of aromatic nitrogens is 4. The highest BCUT2D eigenvalue weighted by atomic mass is 32.2. The molecule has 0 atom stereocenters. The Balaban J connectivity index is 1.93. The van der Waals surface area contributed by atoms with Gasteiger partial charge in [-0.05, 0) is 25.1 Å². The number of hydrogen-bond acceptors (Lipinski definition) is 7. The number of alkyl halides is 2. The van der Waals surface area contributed by atoms with E-state index in [-0.39, 0.29) is 28.7 Å². The Morgan fingerprint density at radius 2 is 2.07 bits per heavy atom. The summed E-state index contributed by atoms with van der Waals surface area (Å²) in [5.74, 6) is -1.27. The molecule has 3 heterocycles. The number of hydrogen-bond donors (Lipinski definition) is 1. The second-order valence-corrected chi connectivity index (χ2v) is 6.80. The van der Waals surface area contributed by atoms with Crippen molar-refractivity contribution in [1.29, 1.82) is 0 Å². The Morgan fingerprint density at radius 3 is 2.78 bits per heavy atom. The molecule has 0 unspecified atom stereocenters. The Hall–Kier alpha value is -3.15. The van der Waals surface area contributed by atoms with Gasteiger partial charge in [-0.3, -0.25) is 4.79 Å². The van der Waals surface area contributed by atoms with Crippen molar-refractivity contribution < 1.29 is 26.7 Å². The van der Waals surface area contributed by atoms with Gasteiger partial charge in [0.25, 0.3) is 22.4 Å². The molecule has 0 saturated carbocycles. The molecule has 9 nitrogen and oxygen atoms in total. The van der Waals surface area contributed by atoms with E-state index in [9.17, 15) is 22.0 Å². The Kier molecular flexibility index (Phi) is 4.99. The number of rotatable bonds is 6. The number of halogens is 2. The second kappa shape index (κ2) is 7.23. The normalized spacial score (nSPS) is 11.7. The maximum absolute atomic E-state index is 13.0. The number of amides is 1. The monoisotopic (exact) mass is 397 g/mol. The highest BCUT2D eigenvalue weighted by molar-refractivity contribution is 7.90. The molecule has 0 radical (unpaired) electrons. The molecule has 1 amide bonds. The lowest BCUT2D eigenvalue weighted by atomic mass is 10.4. The van der Waals surface area contributed by atoms with Crippen molar-refractivity contribution in [2.45, 2.75) is 18.2 Å². The van der Waals surface area contributed by atoms with E-state index in [2.05, 4.69) is 15.1 Å². The number of carbonyl (C=O) groups is 1. The van der Waals surface area contributed by atoms with Gasteiger partial charge in [-0.1, -0.05) is 0 Å². The molecule has 12 heteroatoms. The van der Waals surface area contributed by atoms with E-state index in [4.69, 9.17) is 4.74 Å². The molecule has 0 bridgehead atoms. The molecule has 0 saturated heterocycles. The third-order valence-electron chi connectivity index (χ3n) is 3.38. The van der Waals surface area contributed by atoms with Crippen LogP contribution >= 0.6 is 0 Å². The zero-order valence-electron chi connectivity index (χ0n) is 13.8. The first-order valence-electron chi connectivity index (χ1n) is 7.61. The highest BCUT2D eigenvalue weighted by Crippen LogP contribution is 2.21. The third-order valence-corrected chi connectivity index (χ3v) is 4.72. The Morgan fingerprint density at radius 1 is 1.30 bits per heavy atom. The highest BCUT2D eigenvalue weighted by Gasteiger charge is 2.25. The van der Waals surface area contributed by atoms with E-state index in [1.807, 2.05) is 4.72 Å². The smallest absolute Gasteiger partial charge is 0.285 e. The molecule has 0 fully saturated rings. The number of sulfonamides is 1. The van der Waals surface area contributed by atoms with Crippen LogP contribution in [0.3, 0.4) is 0 Å². The Bertz CT molecular complexity index is 1100. The van der Waals surface area contributed by atoms with E-state index in [1.165, 1.54) is 18.3 Å². The summed E-state index contributed by atoms with van der Waals surface area (Å²) in [7, 11) is -4.33. The molecule has 0 aliphatic carbocycles. The van der Waals surface area contributed by atoms with Gasteiger partial charge in [0, 0.05) is 18.5 Å². The minimum Gasteiger partial charge on any atom is -0.477 e. The van der Waals surface area contributed by atoms with Crippen LogP contribution in [0.5, 0.6) is 5.88 Å². The van der Waals surface area contributed by atoms with Crippen LogP contribution in [0.4, 0.5) is 8.78 Å². The van der Waals surface area contributed by atoms with Crippen LogP contribution in [0.1, 0.15) is 29.5 Å². The summed E-state index contributed by atoms with van der Waals surface area (Å²) >= 11 is 0. The van der Waals surface area contributed by atoms with Crippen LogP contribution in [0, 0.1) is 0 Å². The molecular formula is C15H13F2N5O4S. The summed E-state index contributed by atoms with van der Waals surface area (Å²) in [5.41, 5.74) is -0.888. The van der Waals surface area contributed by atoms with Gasteiger partial charge in [0.1, 0.15) is 10.6 Å². The fourth-order valence-corrected chi connectivity index (χ4v) is 3.30. The van der Waals surface area contributed by atoms with Gasteiger partial charge in [-0.15, -0.1) is 0 Å². The molecule has 0 spiro atoms. The van der Waals surface area contributed by atoms with Gasteiger partial charge in [0.2, 0.25) is 5.88 Å². The van der Waals surface area contributed by atoms with Crippen molar-refractivity contribution >= 4 is 21.6 Å². The van der Waals surface area contributed by atoms with E-state index < -0.39 is 28.0 Å². The molecule has 27 heavy (non-hydrogen) atoms. The van der Waals surface area contributed by atoms with Crippen molar-refractivity contribution in [2.24, 2.45) is 0 Å². The van der Waals surface area contributed by atoms with Gasteiger partial charge in [-0.2, -0.15) is 5.10 Å². The molecule has 3 rings (SSSR count). The van der Waals surface area contributed by atoms with Crippen LogP contribution in [0.2, 0.25) is 0 Å². The first-order chi connectivity index (χ1) is 12.8. The molecule has 1 N–H and O–H groups in total. The predicted molar refractivity (Wildman–Crippen MR) is 88.0 cm³/mol. The second-order valence-electron chi connectivity index (χ2n) is 5.14. The van der Waals surface area contributed by atoms with Gasteiger partial charge in [-0.25, -0.2) is 36.4 Å². The number of pyridine rings is 1. The molecule has 0 aromatic carbocycles. The summed E-state index contributed by atoms with van der Waals surface area (Å²) in [6, 6.07) is 4.73. The fraction of sp³-hybridized carbons (Fsp3) is 0.200. The van der Waals surface area contributed by atoms with Gasteiger partial charge < -0.3 is 4.74 Å². The number of nitrogens with zero attached hydrogens (tertiary/aromatic N) is 4. The largest absolute Gasteiger partial charge is 0.477 e. The van der Waals surface area contributed by atoms with Crippen LogP contribution in [0.25, 0.3) is 5.65 Å². The van der Waals surface area contributed by atoms with E-state index in [1.54, 1.807) is 6.92 Å². The van der Waals surface area contributed by atoms with Crippen molar-refractivity contribution in [1.82, 2.24) is 24.3 Å². The zero-order chi connectivity index (χ0) is 19.6. The maximum atomic E-state index is 13.0. The standard InChI is InChI=1S/C15H13F2N5O4S/c1-2-26-15-11(4-3-6-19-15)27(24,25)21-14(23)9-8-12-18-7-5-10(13(16)17)22(12)20-9/h3-8,13H,2H2,1H3,(H,21,23). The summed E-state index contributed by atoms with van der Waals surface area (Å²) in [6.45, 7) is 1.82.